The molecule has 0 saturated heterocycles. The van der Waals surface area contributed by atoms with Crippen molar-refractivity contribution in [1.29, 1.82) is 0 Å². The third-order valence-corrected chi connectivity index (χ3v) is 5.74. The zero-order chi connectivity index (χ0) is 21.9. The van der Waals surface area contributed by atoms with E-state index in [4.69, 9.17) is 9.72 Å². The van der Waals surface area contributed by atoms with Crippen LogP contribution in [0.5, 0.6) is 6.01 Å². The lowest BCUT2D eigenvalue weighted by Gasteiger charge is -2.05. The minimum atomic E-state index is -0.584. The fraction of sp³-hybridized carbons (Fsp3) is 0.0909. The van der Waals surface area contributed by atoms with Gasteiger partial charge in [0.05, 0.1) is 22.0 Å². The van der Waals surface area contributed by atoms with Crippen molar-refractivity contribution in [3.63, 3.8) is 0 Å². The third-order valence-electron chi connectivity index (χ3n) is 4.58. The highest BCUT2D eigenvalue weighted by Gasteiger charge is 2.13. The van der Waals surface area contributed by atoms with E-state index in [1.54, 1.807) is 18.5 Å². The Kier molecular flexibility index (Phi) is 5.26. The van der Waals surface area contributed by atoms with Crippen LogP contribution in [0.15, 0.2) is 70.2 Å². The van der Waals surface area contributed by atoms with Crippen molar-refractivity contribution in [2.75, 3.05) is 0 Å². The van der Waals surface area contributed by atoms with Crippen molar-refractivity contribution in [3.8, 4) is 39.2 Å². The number of H-pyrrole nitrogens is 1. The lowest BCUT2D eigenvalue weighted by molar-refractivity contribution is 0.280. The van der Waals surface area contributed by atoms with Gasteiger partial charge in [-0.1, -0.05) is 35.5 Å². The summed E-state index contributed by atoms with van der Waals surface area (Å²) in [5, 5.41) is 4.53. The maximum atomic E-state index is 11.2. The Labute approximate surface area is 185 Å². The van der Waals surface area contributed by atoms with E-state index in [1.165, 1.54) is 11.3 Å². The Balaban J connectivity index is 1.37. The second-order valence-electron chi connectivity index (χ2n) is 6.77. The molecular weight excluding hydrogens is 428 g/mol. The molecule has 0 aliphatic heterocycles. The number of ether oxygens (including phenoxy) is 1. The van der Waals surface area contributed by atoms with Crippen LogP contribution >= 0.6 is 11.3 Å². The molecule has 0 amide bonds. The zero-order valence-corrected chi connectivity index (χ0v) is 17.7. The van der Waals surface area contributed by atoms with Gasteiger partial charge in [0.15, 0.2) is 5.82 Å². The number of aryl methyl sites for hydroxylation is 1. The summed E-state index contributed by atoms with van der Waals surface area (Å²) in [6.07, 6.45) is 3.27. The fourth-order valence-electron chi connectivity index (χ4n) is 3.11. The molecule has 0 aliphatic carbocycles. The molecule has 0 aliphatic rings. The van der Waals surface area contributed by atoms with Crippen molar-refractivity contribution in [1.82, 2.24) is 30.1 Å². The standard InChI is InChI=1S/C22H16N6O3S/c1-13-19(32-18(25-13)12-30-21-23-10-3-11-24-21)17-5-2-4-16(26-17)14-6-8-15(9-7-14)20-27-22(29)31-28-20/h2-11H,12H2,1H3,(H,27,28,29). The lowest BCUT2D eigenvalue weighted by Crippen LogP contribution is -1.98. The number of pyridine rings is 1. The van der Waals surface area contributed by atoms with Crippen LogP contribution in [-0.4, -0.2) is 30.1 Å². The average Bonchev–Trinajstić information content (AvgIpc) is 3.44. The number of aromatic nitrogens is 6. The van der Waals surface area contributed by atoms with Gasteiger partial charge in [0.25, 0.3) is 0 Å². The molecular formula is C22H16N6O3S. The van der Waals surface area contributed by atoms with E-state index in [0.29, 0.717) is 18.4 Å². The molecule has 10 heteroatoms. The maximum absolute atomic E-state index is 11.2. The summed E-state index contributed by atoms with van der Waals surface area (Å²) >= 11 is 1.53. The quantitative estimate of drug-likeness (QED) is 0.419. The highest BCUT2D eigenvalue weighted by atomic mass is 32.1. The molecule has 0 fully saturated rings. The first kappa shape index (κ1) is 19.8. The Hall–Kier alpha value is -4.18. The van der Waals surface area contributed by atoms with Gasteiger partial charge in [-0.15, -0.1) is 11.3 Å². The van der Waals surface area contributed by atoms with Gasteiger partial charge in [0.2, 0.25) is 0 Å². The van der Waals surface area contributed by atoms with Crippen molar-refractivity contribution < 1.29 is 9.26 Å². The van der Waals surface area contributed by atoms with Crippen LogP contribution in [-0.2, 0) is 6.61 Å². The van der Waals surface area contributed by atoms with Gasteiger partial charge in [-0.25, -0.2) is 24.7 Å². The molecule has 0 bridgehead atoms. The average molecular weight is 444 g/mol. The predicted octanol–water partition coefficient (Wildman–Crippen LogP) is 3.89. The molecule has 0 atom stereocenters. The number of nitrogens with zero attached hydrogens (tertiary/aromatic N) is 5. The SMILES string of the molecule is Cc1nc(COc2ncccn2)sc1-c1cccc(-c2ccc(-c3noc(=O)[nH]3)cc2)n1. The van der Waals surface area contributed by atoms with Crippen molar-refractivity contribution in [2.45, 2.75) is 13.5 Å². The lowest BCUT2D eigenvalue weighted by atomic mass is 10.1. The number of hydrogen-bond donors (Lipinski definition) is 1. The molecule has 4 aromatic heterocycles. The van der Waals surface area contributed by atoms with Crippen molar-refractivity contribution in [2.24, 2.45) is 0 Å². The van der Waals surface area contributed by atoms with E-state index in [0.717, 1.165) is 38.1 Å². The van der Waals surface area contributed by atoms with Crippen LogP contribution < -0.4 is 10.5 Å². The molecule has 5 aromatic rings. The normalized spacial score (nSPS) is 10.9. The molecule has 4 heterocycles. The first-order valence-electron chi connectivity index (χ1n) is 9.66. The Morgan fingerprint density at radius 3 is 2.47 bits per heavy atom. The molecule has 0 spiro atoms. The van der Waals surface area contributed by atoms with Crippen LogP contribution in [0, 0.1) is 6.92 Å². The van der Waals surface area contributed by atoms with Crippen molar-refractivity contribution in [3.05, 3.63) is 82.2 Å². The third kappa shape index (κ3) is 4.16. The van der Waals surface area contributed by atoms with E-state index in [2.05, 4.69) is 29.6 Å². The van der Waals surface area contributed by atoms with E-state index in [1.807, 2.05) is 49.4 Å². The van der Waals surface area contributed by atoms with Gasteiger partial charge < -0.3 is 4.74 Å². The smallest absolute Gasteiger partial charge is 0.439 e. The molecule has 158 valence electrons. The number of nitrogens with one attached hydrogen (secondary N) is 1. The number of aromatic amines is 1. The van der Waals surface area contributed by atoms with Gasteiger partial charge in [0.1, 0.15) is 11.6 Å². The molecule has 1 N–H and O–H groups in total. The summed E-state index contributed by atoms with van der Waals surface area (Å²) in [5.41, 5.74) is 4.24. The maximum Gasteiger partial charge on any atom is 0.439 e. The van der Waals surface area contributed by atoms with Gasteiger partial charge >= 0.3 is 11.8 Å². The molecule has 0 unspecified atom stereocenters. The van der Waals surface area contributed by atoms with Crippen LogP contribution in [0.4, 0.5) is 0 Å². The second kappa shape index (κ2) is 8.52. The summed E-state index contributed by atoms with van der Waals surface area (Å²) < 4.78 is 10.2. The Morgan fingerprint density at radius 2 is 1.72 bits per heavy atom. The Bertz CT molecular complexity index is 1410. The van der Waals surface area contributed by atoms with Crippen LogP contribution in [0.25, 0.3) is 33.2 Å². The van der Waals surface area contributed by atoms with E-state index < -0.39 is 5.76 Å². The first-order chi connectivity index (χ1) is 15.7. The van der Waals surface area contributed by atoms with Gasteiger partial charge in [0, 0.05) is 23.5 Å². The van der Waals surface area contributed by atoms with E-state index >= 15 is 0 Å². The van der Waals surface area contributed by atoms with E-state index in [9.17, 15) is 4.79 Å². The van der Waals surface area contributed by atoms with E-state index in [-0.39, 0.29) is 0 Å². The summed E-state index contributed by atoms with van der Waals surface area (Å²) in [4.78, 5) is 32.2. The summed E-state index contributed by atoms with van der Waals surface area (Å²) in [6, 6.07) is 15.5. The number of benzene rings is 1. The topological polar surface area (TPSA) is 120 Å². The zero-order valence-electron chi connectivity index (χ0n) is 16.8. The minimum absolute atomic E-state index is 0.292. The summed E-state index contributed by atoms with van der Waals surface area (Å²) in [6.45, 7) is 2.25. The molecule has 32 heavy (non-hydrogen) atoms. The van der Waals surface area contributed by atoms with Gasteiger partial charge in [-0.3, -0.25) is 9.51 Å². The van der Waals surface area contributed by atoms with Gasteiger partial charge in [-0.05, 0) is 25.1 Å². The highest BCUT2D eigenvalue weighted by Crippen LogP contribution is 2.31. The van der Waals surface area contributed by atoms with Crippen LogP contribution in [0.2, 0.25) is 0 Å². The molecule has 5 rings (SSSR count). The monoisotopic (exact) mass is 444 g/mol. The highest BCUT2D eigenvalue weighted by molar-refractivity contribution is 7.15. The van der Waals surface area contributed by atoms with Crippen LogP contribution in [0.3, 0.4) is 0 Å². The summed E-state index contributed by atoms with van der Waals surface area (Å²) in [7, 11) is 0. The molecule has 9 nitrogen and oxygen atoms in total. The summed E-state index contributed by atoms with van der Waals surface area (Å²) in [5.74, 6) is -0.196. The molecule has 0 saturated carbocycles. The number of rotatable bonds is 6. The first-order valence-corrected chi connectivity index (χ1v) is 10.5. The largest absolute Gasteiger partial charge is 0.456 e. The number of hydrogen-bond acceptors (Lipinski definition) is 9. The second-order valence-corrected chi connectivity index (χ2v) is 7.85. The minimum Gasteiger partial charge on any atom is -0.456 e. The fourth-order valence-corrected chi connectivity index (χ4v) is 4.06. The predicted molar refractivity (Wildman–Crippen MR) is 118 cm³/mol. The van der Waals surface area contributed by atoms with Crippen LogP contribution in [0.1, 0.15) is 10.7 Å². The Morgan fingerprint density at radius 1 is 0.969 bits per heavy atom. The molecule has 1 aromatic carbocycles. The molecule has 0 radical (unpaired) electrons. The number of thiazole rings is 1. The van der Waals surface area contributed by atoms with Gasteiger partial charge in [-0.2, -0.15) is 0 Å². The van der Waals surface area contributed by atoms with Crippen molar-refractivity contribution >= 4 is 11.3 Å².